The molecule has 0 saturated carbocycles. The molecule has 1 aromatic carbocycles. The third kappa shape index (κ3) is 2.58. The van der Waals surface area contributed by atoms with Gasteiger partial charge in [-0.25, -0.2) is 9.07 Å². The molecule has 0 spiro atoms. The van der Waals surface area contributed by atoms with Gasteiger partial charge in [-0.2, -0.15) is 5.10 Å². The highest BCUT2D eigenvalue weighted by Crippen LogP contribution is 2.36. The second-order valence-corrected chi connectivity index (χ2v) is 4.65. The summed E-state index contributed by atoms with van der Waals surface area (Å²) in [5, 5.41) is 14.9. The van der Waals surface area contributed by atoms with Crippen LogP contribution < -0.4 is 4.74 Å². The zero-order valence-corrected chi connectivity index (χ0v) is 11.6. The predicted molar refractivity (Wildman–Crippen MR) is 68.8 cm³/mol. The van der Waals surface area contributed by atoms with E-state index in [1.807, 2.05) is 0 Å². The monoisotopic (exact) mass is 329 g/mol. The number of hydrogen-bond acceptors (Lipinski definition) is 4. The summed E-state index contributed by atoms with van der Waals surface area (Å²) in [6, 6.07) is 3.80. The van der Waals surface area contributed by atoms with E-state index in [-0.39, 0.29) is 23.0 Å². The summed E-state index contributed by atoms with van der Waals surface area (Å²) in [5.41, 5.74) is 0.0412. The summed E-state index contributed by atoms with van der Waals surface area (Å²) in [6.07, 6.45) is 0. The van der Waals surface area contributed by atoms with Gasteiger partial charge in [0, 0.05) is 7.05 Å². The van der Waals surface area contributed by atoms with Crippen LogP contribution in [0.25, 0.3) is 0 Å². The standard InChI is InChI=1S/C11H9BrFN3O3/c1-6-10(16(17)18)11(15(2)14-6)19-9-4-3-7(13)5-8(9)12/h3-5H,1-2H3. The zero-order valence-electron chi connectivity index (χ0n) is 10.1. The van der Waals surface area contributed by atoms with Crippen LogP contribution in [0.4, 0.5) is 10.1 Å². The molecule has 0 aliphatic rings. The van der Waals surface area contributed by atoms with E-state index in [4.69, 9.17) is 4.74 Å². The molecule has 8 heteroatoms. The summed E-state index contributed by atoms with van der Waals surface area (Å²) >= 11 is 3.13. The van der Waals surface area contributed by atoms with Crippen LogP contribution in [-0.4, -0.2) is 14.7 Å². The first-order chi connectivity index (χ1) is 8.90. The Morgan fingerprint density at radius 3 is 2.79 bits per heavy atom. The Bertz CT molecular complexity index is 657. The zero-order chi connectivity index (χ0) is 14.2. The average molecular weight is 330 g/mol. The van der Waals surface area contributed by atoms with Crippen LogP contribution >= 0.6 is 15.9 Å². The van der Waals surface area contributed by atoms with Crippen molar-refractivity contribution in [2.45, 2.75) is 6.92 Å². The molecular weight excluding hydrogens is 321 g/mol. The minimum Gasteiger partial charge on any atom is -0.433 e. The van der Waals surface area contributed by atoms with Crippen LogP contribution in [0.3, 0.4) is 0 Å². The highest BCUT2D eigenvalue weighted by atomic mass is 79.9. The second-order valence-electron chi connectivity index (χ2n) is 3.80. The van der Waals surface area contributed by atoms with E-state index in [1.165, 1.54) is 36.9 Å². The van der Waals surface area contributed by atoms with Crippen molar-refractivity contribution in [2.75, 3.05) is 0 Å². The van der Waals surface area contributed by atoms with Gasteiger partial charge in [0.05, 0.1) is 9.40 Å². The van der Waals surface area contributed by atoms with Crippen molar-refractivity contribution in [3.8, 4) is 11.6 Å². The summed E-state index contributed by atoms with van der Waals surface area (Å²) in [6.45, 7) is 1.52. The molecule has 0 aliphatic heterocycles. The number of benzene rings is 1. The Morgan fingerprint density at radius 2 is 2.21 bits per heavy atom. The van der Waals surface area contributed by atoms with Gasteiger partial charge in [0.15, 0.2) is 0 Å². The third-order valence-electron chi connectivity index (χ3n) is 2.42. The molecule has 0 aliphatic carbocycles. The number of ether oxygens (including phenoxy) is 1. The Labute approximate surface area is 116 Å². The first kappa shape index (κ1) is 13.5. The fraction of sp³-hybridized carbons (Fsp3) is 0.182. The Balaban J connectivity index is 2.46. The maximum Gasteiger partial charge on any atom is 0.353 e. The lowest BCUT2D eigenvalue weighted by Crippen LogP contribution is -1.98. The fourth-order valence-electron chi connectivity index (χ4n) is 1.61. The fourth-order valence-corrected chi connectivity index (χ4v) is 2.04. The lowest BCUT2D eigenvalue weighted by molar-refractivity contribution is -0.386. The molecule has 0 unspecified atom stereocenters. The number of nitro groups is 1. The van der Waals surface area contributed by atoms with Gasteiger partial charge in [-0.05, 0) is 41.1 Å². The number of nitrogens with zero attached hydrogens (tertiary/aromatic N) is 3. The van der Waals surface area contributed by atoms with Gasteiger partial charge in [0.25, 0.3) is 5.88 Å². The topological polar surface area (TPSA) is 70.2 Å². The summed E-state index contributed by atoms with van der Waals surface area (Å²) < 4.78 is 20.0. The van der Waals surface area contributed by atoms with Gasteiger partial charge < -0.3 is 4.74 Å². The van der Waals surface area contributed by atoms with Gasteiger partial charge in [-0.1, -0.05) is 0 Å². The van der Waals surface area contributed by atoms with Crippen molar-refractivity contribution in [2.24, 2.45) is 7.05 Å². The molecule has 0 atom stereocenters. The van der Waals surface area contributed by atoms with Crippen molar-refractivity contribution in [3.63, 3.8) is 0 Å². The molecule has 1 heterocycles. The van der Waals surface area contributed by atoms with Crippen molar-refractivity contribution in [3.05, 3.63) is 44.3 Å². The normalized spacial score (nSPS) is 10.5. The molecule has 2 rings (SSSR count). The highest BCUT2D eigenvalue weighted by Gasteiger charge is 2.26. The molecule has 0 radical (unpaired) electrons. The molecule has 6 nitrogen and oxygen atoms in total. The predicted octanol–water partition coefficient (Wildman–Crippen LogP) is 3.33. The van der Waals surface area contributed by atoms with E-state index in [2.05, 4.69) is 21.0 Å². The van der Waals surface area contributed by atoms with E-state index in [9.17, 15) is 14.5 Å². The summed E-state index contributed by atoms with van der Waals surface area (Å²) in [7, 11) is 1.53. The number of rotatable bonds is 3. The third-order valence-corrected chi connectivity index (χ3v) is 3.04. The Morgan fingerprint density at radius 1 is 1.53 bits per heavy atom. The first-order valence-corrected chi connectivity index (χ1v) is 6.00. The highest BCUT2D eigenvalue weighted by molar-refractivity contribution is 9.10. The van der Waals surface area contributed by atoms with Crippen LogP contribution in [0.2, 0.25) is 0 Å². The van der Waals surface area contributed by atoms with Crippen LogP contribution in [-0.2, 0) is 7.05 Å². The van der Waals surface area contributed by atoms with E-state index in [0.29, 0.717) is 4.47 Å². The van der Waals surface area contributed by atoms with Crippen molar-refractivity contribution in [1.29, 1.82) is 0 Å². The molecule has 0 N–H and O–H groups in total. The lowest BCUT2D eigenvalue weighted by atomic mass is 10.3. The smallest absolute Gasteiger partial charge is 0.353 e. The minimum atomic E-state index is -0.560. The van der Waals surface area contributed by atoms with Crippen LogP contribution in [0, 0.1) is 22.9 Å². The molecule has 19 heavy (non-hydrogen) atoms. The maximum atomic E-state index is 13.0. The molecule has 0 saturated heterocycles. The van der Waals surface area contributed by atoms with Gasteiger partial charge in [-0.3, -0.25) is 10.1 Å². The largest absolute Gasteiger partial charge is 0.433 e. The van der Waals surface area contributed by atoms with Crippen molar-refractivity contribution < 1.29 is 14.1 Å². The maximum absolute atomic E-state index is 13.0. The molecule has 0 amide bonds. The lowest BCUT2D eigenvalue weighted by Gasteiger charge is -2.07. The molecule has 100 valence electrons. The van der Waals surface area contributed by atoms with E-state index >= 15 is 0 Å². The number of halogens is 2. The molecular formula is C11H9BrFN3O3. The molecule has 2 aromatic rings. The molecule has 1 aromatic heterocycles. The summed E-state index contributed by atoms with van der Waals surface area (Å²) in [5.74, 6) is -0.169. The van der Waals surface area contributed by atoms with Crippen LogP contribution in [0.1, 0.15) is 5.69 Å². The number of hydrogen-bond donors (Lipinski definition) is 0. The Hall–Kier alpha value is -1.96. The van der Waals surface area contributed by atoms with Crippen molar-refractivity contribution >= 4 is 21.6 Å². The van der Waals surface area contributed by atoms with Gasteiger partial charge >= 0.3 is 5.69 Å². The van der Waals surface area contributed by atoms with Gasteiger partial charge in [0.1, 0.15) is 17.3 Å². The molecule has 0 bridgehead atoms. The minimum absolute atomic E-state index is 0.00481. The van der Waals surface area contributed by atoms with E-state index in [1.54, 1.807) is 0 Å². The average Bonchev–Trinajstić information content (AvgIpc) is 2.57. The SMILES string of the molecule is Cc1nn(C)c(Oc2ccc(F)cc2Br)c1[N+](=O)[O-]. The van der Waals surface area contributed by atoms with Crippen molar-refractivity contribution in [1.82, 2.24) is 9.78 Å². The van der Waals surface area contributed by atoms with Crippen LogP contribution in [0.15, 0.2) is 22.7 Å². The second kappa shape index (κ2) is 4.96. The van der Waals surface area contributed by atoms with Gasteiger partial charge in [-0.15, -0.1) is 0 Å². The Kier molecular flexibility index (Phi) is 3.52. The molecule has 0 fully saturated rings. The van der Waals surface area contributed by atoms with Gasteiger partial charge in [0.2, 0.25) is 0 Å². The summed E-state index contributed by atoms with van der Waals surface area (Å²) in [4.78, 5) is 10.4. The quantitative estimate of drug-likeness (QED) is 0.639. The number of aryl methyl sites for hydroxylation is 2. The van der Waals surface area contributed by atoms with Crippen LogP contribution in [0.5, 0.6) is 11.6 Å². The van der Waals surface area contributed by atoms with E-state index in [0.717, 1.165) is 0 Å². The number of aromatic nitrogens is 2. The van der Waals surface area contributed by atoms with E-state index < -0.39 is 10.7 Å². The first-order valence-electron chi connectivity index (χ1n) is 5.21.